The first-order valence-electron chi connectivity index (χ1n) is 7.30. The van der Waals surface area contributed by atoms with Crippen LogP contribution >= 0.6 is 15.9 Å². The van der Waals surface area contributed by atoms with Crippen molar-refractivity contribution in [3.05, 3.63) is 34.3 Å². The normalized spacial score (nSPS) is 19.1. The Morgan fingerprint density at radius 1 is 1.33 bits per heavy atom. The highest BCUT2D eigenvalue weighted by Crippen LogP contribution is 2.28. The number of halogens is 1. The van der Waals surface area contributed by atoms with E-state index in [0.717, 1.165) is 10.0 Å². The molecule has 1 unspecified atom stereocenters. The van der Waals surface area contributed by atoms with Crippen LogP contribution in [0, 0.1) is 5.92 Å². The molecule has 21 heavy (non-hydrogen) atoms. The van der Waals surface area contributed by atoms with Gasteiger partial charge in [-0.05, 0) is 30.5 Å². The summed E-state index contributed by atoms with van der Waals surface area (Å²) in [5, 5.41) is 13.2. The Kier molecular flexibility index (Phi) is 5.07. The third kappa shape index (κ3) is 4.05. The second kappa shape index (κ2) is 6.46. The molecule has 5 heteroatoms. The first-order valence-corrected chi connectivity index (χ1v) is 8.09. The van der Waals surface area contributed by atoms with Gasteiger partial charge in [-0.3, -0.25) is 9.69 Å². The standard InChI is InChI=1S/C16H23BrN2O2/c1-11(2)16(21)9-19(10-16)8-15(20)18-12(3)13-4-6-14(17)7-5-13/h4-7,11-12,21H,8-10H2,1-3H3,(H,18,20). The van der Waals surface area contributed by atoms with Gasteiger partial charge >= 0.3 is 0 Å². The number of rotatable bonds is 5. The zero-order valence-electron chi connectivity index (χ0n) is 12.8. The molecule has 1 saturated heterocycles. The number of carbonyl (C=O) groups is 1. The number of hydrogen-bond acceptors (Lipinski definition) is 3. The van der Waals surface area contributed by atoms with Crippen molar-refractivity contribution in [3.8, 4) is 0 Å². The largest absolute Gasteiger partial charge is 0.387 e. The Morgan fingerprint density at radius 3 is 2.43 bits per heavy atom. The van der Waals surface area contributed by atoms with Crippen molar-refractivity contribution in [2.24, 2.45) is 5.92 Å². The van der Waals surface area contributed by atoms with Crippen LogP contribution in [0.5, 0.6) is 0 Å². The number of benzene rings is 1. The highest BCUT2D eigenvalue weighted by Gasteiger charge is 2.43. The molecule has 2 rings (SSSR count). The third-order valence-corrected chi connectivity index (χ3v) is 4.71. The number of β-amino-alcohol motifs (C(OH)–C–C–N with tert-alkyl or cyclic N) is 1. The number of likely N-dealkylation sites (tertiary alicyclic amines) is 1. The van der Waals surface area contributed by atoms with E-state index in [1.165, 1.54) is 0 Å². The minimum atomic E-state index is -0.627. The maximum absolute atomic E-state index is 12.0. The van der Waals surface area contributed by atoms with E-state index in [9.17, 15) is 9.90 Å². The average Bonchev–Trinajstić information content (AvgIpc) is 2.37. The highest BCUT2D eigenvalue weighted by atomic mass is 79.9. The van der Waals surface area contributed by atoms with Crippen molar-refractivity contribution in [1.29, 1.82) is 0 Å². The summed E-state index contributed by atoms with van der Waals surface area (Å²) in [5.41, 5.74) is 0.450. The van der Waals surface area contributed by atoms with E-state index in [2.05, 4.69) is 21.2 Å². The molecule has 1 amide bonds. The molecule has 0 radical (unpaired) electrons. The Bertz CT molecular complexity index is 496. The lowest BCUT2D eigenvalue weighted by atomic mass is 9.83. The zero-order chi connectivity index (χ0) is 15.6. The summed E-state index contributed by atoms with van der Waals surface area (Å²) in [6.45, 7) is 7.48. The second-order valence-electron chi connectivity index (χ2n) is 6.24. The van der Waals surface area contributed by atoms with Crippen LogP contribution in [0.3, 0.4) is 0 Å². The lowest BCUT2D eigenvalue weighted by Crippen LogP contribution is -2.65. The Morgan fingerprint density at radius 2 is 1.90 bits per heavy atom. The summed E-state index contributed by atoms with van der Waals surface area (Å²) in [6, 6.07) is 7.91. The van der Waals surface area contributed by atoms with Gasteiger partial charge in [0.05, 0.1) is 18.2 Å². The van der Waals surface area contributed by atoms with Gasteiger partial charge in [0.15, 0.2) is 0 Å². The topological polar surface area (TPSA) is 52.6 Å². The molecule has 1 aliphatic heterocycles. The van der Waals surface area contributed by atoms with Crippen LogP contribution in [0.25, 0.3) is 0 Å². The van der Waals surface area contributed by atoms with Crippen LogP contribution in [0.2, 0.25) is 0 Å². The Labute approximate surface area is 134 Å². The van der Waals surface area contributed by atoms with Gasteiger partial charge in [-0.1, -0.05) is 41.9 Å². The van der Waals surface area contributed by atoms with Crippen molar-refractivity contribution >= 4 is 21.8 Å². The summed E-state index contributed by atoms with van der Waals surface area (Å²) >= 11 is 3.40. The molecular formula is C16H23BrN2O2. The van der Waals surface area contributed by atoms with E-state index in [-0.39, 0.29) is 17.9 Å². The predicted octanol–water partition coefficient (Wildman–Crippen LogP) is 2.33. The molecule has 1 fully saturated rings. The molecule has 0 bridgehead atoms. The number of hydrogen-bond donors (Lipinski definition) is 2. The molecule has 1 atom stereocenters. The van der Waals surface area contributed by atoms with E-state index in [4.69, 9.17) is 0 Å². The number of carbonyl (C=O) groups excluding carboxylic acids is 1. The fraction of sp³-hybridized carbons (Fsp3) is 0.562. The van der Waals surface area contributed by atoms with E-state index in [1.807, 2.05) is 49.9 Å². The molecule has 1 aliphatic rings. The zero-order valence-corrected chi connectivity index (χ0v) is 14.4. The molecule has 0 aliphatic carbocycles. The first kappa shape index (κ1) is 16.5. The molecule has 0 spiro atoms. The highest BCUT2D eigenvalue weighted by molar-refractivity contribution is 9.10. The first-order chi connectivity index (χ1) is 9.80. The molecule has 116 valence electrons. The third-order valence-electron chi connectivity index (χ3n) is 4.18. The number of nitrogens with zero attached hydrogens (tertiary/aromatic N) is 1. The minimum absolute atomic E-state index is 0.00350. The summed E-state index contributed by atoms with van der Waals surface area (Å²) in [6.07, 6.45) is 0. The lowest BCUT2D eigenvalue weighted by molar-refractivity contribution is -0.142. The summed E-state index contributed by atoms with van der Waals surface area (Å²) in [4.78, 5) is 14.0. The van der Waals surface area contributed by atoms with E-state index in [1.54, 1.807) is 0 Å². The van der Waals surface area contributed by atoms with Crippen LogP contribution in [0.1, 0.15) is 32.4 Å². The summed E-state index contributed by atoms with van der Waals surface area (Å²) in [5.74, 6) is 0.217. The minimum Gasteiger partial charge on any atom is -0.387 e. The second-order valence-corrected chi connectivity index (χ2v) is 7.16. The Hall–Kier alpha value is -0.910. The van der Waals surface area contributed by atoms with Crippen molar-refractivity contribution in [2.75, 3.05) is 19.6 Å². The molecule has 0 aromatic heterocycles. The molecule has 1 aromatic rings. The summed E-state index contributed by atoms with van der Waals surface area (Å²) < 4.78 is 1.03. The van der Waals surface area contributed by atoms with Crippen molar-refractivity contribution in [3.63, 3.8) is 0 Å². The van der Waals surface area contributed by atoms with Gasteiger partial charge in [0.1, 0.15) is 0 Å². The maximum Gasteiger partial charge on any atom is 0.234 e. The number of nitrogens with one attached hydrogen (secondary N) is 1. The Balaban J connectivity index is 1.79. The van der Waals surface area contributed by atoms with Crippen molar-refractivity contribution in [2.45, 2.75) is 32.4 Å². The van der Waals surface area contributed by atoms with Gasteiger partial charge in [0, 0.05) is 17.6 Å². The molecule has 2 N–H and O–H groups in total. The van der Waals surface area contributed by atoms with Gasteiger partial charge in [-0.2, -0.15) is 0 Å². The molecule has 1 aromatic carbocycles. The van der Waals surface area contributed by atoms with Gasteiger partial charge in [-0.15, -0.1) is 0 Å². The van der Waals surface area contributed by atoms with E-state index in [0.29, 0.717) is 19.6 Å². The fourth-order valence-corrected chi connectivity index (χ4v) is 2.79. The van der Waals surface area contributed by atoms with Gasteiger partial charge in [0.25, 0.3) is 0 Å². The molecule has 0 saturated carbocycles. The fourth-order valence-electron chi connectivity index (χ4n) is 2.53. The van der Waals surface area contributed by atoms with Crippen LogP contribution in [-0.4, -0.2) is 41.1 Å². The van der Waals surface area contributed by atoms with Crippen LogP contribution in [0.15, 0.2) is 28.7 Å². The van der Waals surface area contributed by atoms with Crippen molar-refractivity contribution in [1.82, 2.24) is 10.2 Å². The van der Waals surface area contributed by atoms with Gasteiger partial charge in [0.2, 0.25) is 5.91 Å². The smallest absolute Gasteiger partial charge is 0.234 e. The average molecular weight is 355 g/mol. The molecular weight excluding hydrogens is 332 g/mol. The quantitative estimate of drug-likeness (QED) is 0.853. The van der Waals surface area contributed by atoms with Crippen molar-refractivity contribution < 1.29 is 9.90 Å². The lowest BCUT2D eigenvalue weighted by Gasteiger charge is -2.48. The van der Waals surface area contributed by atoms with Crippen LogP contribution in [0.4, 0.5) is 0 Å². The SMILES string of the molecule is CC(NC(=O)CN1CC(O)(C(C)C)C1)c1ccc(Br)cc1. The molecule has 4 nitrogen and oxygen atoms in total. The van der Waals surface area contributed by atoms with Gasteiger partial charge in [-0.25, -0.2) is 0 Å². The molecule has 1 heterocycles. The van der Waals surface area contributed by atoms with Crippen LogP contribution in [-0.2, 0) is 4.79 Å². The summed E-state index contributed by atoms with van der Waals surface area (Å²) in [7, 11) is 0. The predicted molar refractivity (Wildman–Crippen MR) is 86.9 cm³/mol. The number of amides is 1. The monoisotopic (exact) mass is 354 g/mol. The van der Waals surface area contributed by atoms with E-state index >= 15 is 0 Å². The maximum atomic E-state index is 12.0. The van der Waals surface area contributed by atoms with E-state index < -0.39 is 5.60 Å². The number of aliphatic hydroxyl groups is 1. The van der Waals surface area contributed by atoms with Crippen LogP contribution < -0.4 is 5.32 Å². The van der Waals surface area contributed by atoms with Gasteiger partial charge < -0.3 is 10.4 Å².